The highest BCUT2D eigenvalue weighted by atomic mass is 16.2. The monoisotopic (exact) mass is 375 g/mol. The van der Waals surface area contributed by atoms with Crippen LogP contribution < -0.4 is 5.32 Å². The number of nitrogens with one attached hydrogen (secondary N) is 2. The fraction of sp³-hybridized carbons (Fsp3) is 0.227. The van der Waals surface area contributed by atoms with Crippen molar-refractivity contribution in [2.45, 2.75) is 19.3 Å². The number of carbonyl (C=O) groups is 3. The Morgan fingerprint density at radius 1 is 1.00 bits per heavy atom. The molecule has 0 spiro atoms. The van der Waals surface area contributed by atoms with Crippen molar-refractivity contribution in [1.82, 2.24) is 15.2 Å². The van der Waals surface area contributed by atoms with Crippen LogP contribution in [-0.2, 0) is 11.2 Å². The molecule has 2 heterocycles. The maximum Gasteiger partial charge on any atom is 0.261 e. The predicted molar refractivity (Wildman–Crippen MR) is 106 cm³/mol. The van der Waals surface area contributed by atoms with E-state index in [2.05, 4.69) is 16.4 Å². The molecule has 142 valence electrons. The van der Waals surface area contributed by atoms with E-state index in [0.29, 0.717) is 24.1 Å². The molecule has 0 unspecified atom stereocenters. The molecule has 0 radical (unpaired) electrons. The standard InChI is InChI=1S/C22H21N3O3/c26-20(24-11-9-15-7-8-19-16(14-15)10-12-23-19)6-3-13-25-21(27)17-4-1-2-5-18(17)22(25)28/h1-2,4-5,7-8,10,12,14,23H,3,6,9,11,13H2,(H,24,26). The molecule has 1 aromatic heterocycles. The Morgan fingerprint density at radius 3 is 2.50 bits per heavy atom. The van der Waals surface area contributed by atoms with Gasteiger partial charge in [0.1, 0.15) is 0 Å². The van der Waals surface area contributed by atoms with Gasteiger partial charge in [-0.25, -0.2) is 0 Å². The van der Waals surface area contributed by atoms with Gasteiger partial charge in [0.05, 0.1) is 11.1 Å². The number of aromatic nitrogens is 1. The lowest BCUT2D eigenvalue weighted by Gasteiger charge is -2.13. The van der Waals surface area contributed by atoms with Crippen molar-refractivity contribution in [2.24, 2.45) is 0 Å². The normalized spacial score (nSPS) is 13.2. The van der Waals surface area contributed by atoms with Crippen LogP contribution in [0, 0.1) is 0 Å². The number of fused-ring (bicyclic) bond motifs is 2. The van der Waals surface area contributed by atoms with Gasteiger partial charge in [0.25, 0.3) is 11.8 Å². The first-order valence-corrected chi connectivity index (χ1v) is 9.41. The number of imide groups is 1. The average molecular weight is 375 g/mol. The summed E-state index contributed by atoms with van der Waals surface area (Å²) in [5, 5.41) is 4.06. The summed E-state index contributed by atoms with van der Waals surface area (Å²) in [6.45, 7) is 0.811. The van der Waals surface area contributed by atoms with E-state index in [1.807, 2.05) is 24.4 Å². The summed E-state index contributed by atoms with van der Waals surface area (Å²) in [4.78, 5) is 41.0. The number of nitrogens with zero attached hydrogens (tertiary/aromatic N) is 1. The lowest BCUT2D eigenvalue weighted by Crippen LogP contribution is -2.32. The number of H-pyrrole nitrogens is 1. The molecular formula is C22H21N3O3. The summed E-state index contributed by atoms with van der Waals surface area (Å²) in [6.07, 6.45) is 3.40. The molecular weight excluding hydrogens is 354 g/mol. The molecule has 2 N–H and O–H groups in total. The molecule has 4 rings (SSSR count). The molecule has 0 atom stereocenters. The Morgan fingerprint density at radius 2 is 1.75 bits per heavy atom. The van der Waals surface area contributed by atoms with Gasteiger partial charge in [0, 0.05) is 31.2 Å². The predicted octanol–water partition coefficient (Wildman–Crippen LogP) is 2.90. The number of benzene rings is 2. The first-order valence-electron chi connectivity index (χ1n) is 9.41. The fourth-order valence-corrected chi connectivity index (χ4v) is 3.53. The third-order valence-corrected chi connectivity index (χ3v) is 5.02. The minimum Gasteiger partial charge on any atom is -0.361 e. The molecule has 1 aliphatic heterocycles. The maximum atomic E-state index is 12.3. The fourth-order valence-electron chi connectivity index (χ4n) is 3.53. The highest BCUT2D eigenvalue weighted by Gasteiger charge is 2.34. The minimum atomic E-state index is -0.277. The molecule has 3 amide bonds. The summed E-state index contributed by atoms with van der Waals surface area (Å²) in [6, 6.07) is 15.0. The number of amides is 3. The van der Waals surface area contributed by atoms with E-state index in [0.717, 1.165) is 17.3 Å². The van der Waals surface area contributed by atoms with Crippen LogP contribution in [0.25, 0.3) is 10.9 Å². The van der Waals surface area contributed by atoms with Gasteiger partial charge in [-0.2, -0.15) is 0 Å². The lowest BCUT2D eigenvalue weighted by molar-refractivity contribution is -0.121. The van der Waals surface area contributed by atoms with Crippen molar-refractivity contribution < 1.29 is 14.4 Å². The second-order valence-electron chi connectivity index (χ2n) is 6.91. The molecule has 0 bridgehead atoms. The highest BCUT2D eigenvalue weighted by molar-refractivity contribution is 6.21. The Bertz CT molecular complexity index is 1020. The number of hydrogen-bond donors (Lipinski definition) is 2. The molecule has 6 nitrogen and oxygen atoms in total. The Hall–Kier alpha value is -3.41. The molecule has 1 aliphatic rings. The summed E-state index contributed by atoms with van der Waals surface area (Å²) in [5.74, 6) is -0.623. The third kappa shape index (κ3) is 3.53. The van der Waals surface area contributed by atoms with E-state index in [-0.39, 0.29) is 30.7 Å². The van der Waals surface area contributed by atoms with Crippen molar-refractivity contribution in [2.75, 3.05) is 13.1 Å². The van der Waals surface area contributed by atoms with Gasteiger partial charge < -0.3 is 10.3 Å². The summed E-state index contributed by atoms with van der Waals surface area (Å²) >= 11 is 0. The van der Waals surface area contributed by atoms with Crippen molar-refractivity contribution in [3.63, 3.8) is 0 Å². The van der Waals surface area contributed by atoms with Crippen LogP contribution in [0.3, 0.4) is 0 Å². The molecule has 0 fully saturated rings. The lowest BCUT2D eigenvalue weighted by atomic mass is 10.1. The van der Waals surface area contributed by atoms with E-state index >= 15 is 0 Å². The Labute approximate surface area is 162 Å². The second-order valence-corrected chi connectivity index (χ2v) is 6.91. The number of carbonyl (C=O) groups excluding carboxylic acids is 3. The Balaban J connectivity index is 1.21. The van der Waals surface area contributed by atoms with Gasteiger partial charge in [0.2, 0.25) is 5.91 Å². The highest BCUT2D eigenvalue weighted by Crippen LogP contribution is 2.22. The molecule has 0 saturated carbocycles. The van der Waals surface area contributed by atoms with E-state index in [1.165, 1.54) is 10.5 Å². The van der Waals surface area contributed by atoms with Gasteiger partial charge >= 0.3 is 0 Å². The van der Waals surface area contributed by atoms with Crippen LogP contribution in [0.15, 0.2) is 54.7 Å². The molecule has 6 heteroatoms. The van der Waals surface area contributed by atoms with Crippen molar-refractivity contribution in [3.05, 3.63) is 71.4 Å². The maximum absolute atomic E-state index is 12.3. The van der Waals surface area contributed by atoms with Crippen molar-refractivity contribution >= 4 is 28.6 Å². The van der Waals surface area contributed by atoms with Gasteiger partial charge in [0.15, 0.2) is 0 Å². The number of hydrogen-bond acceptors (Lipinski definition) is 3. The van der Waals surface area contributed by atoms with Crippen LogP contribution in [0.2, 0.25) is 0 Å². The Kier molecular flexibility index (Phi) is 4.93. The van der Waals surface area contributed by atoms with E-state index in [4.69, 9.17) is 0 Å². The van der Waals surface area contributed by atoms with Crippen molar-refractivity contribution in [3.8, 4) is 0 Å². The van der Waals surface area contributed by atoms with Crippen LogP contribution in [-0.4, -0.2) is 40.7 Å². The van der Waals surface area contributed by atoms with Gasteiger partial charge in [-0.1, -0.05) is 18.2 Å². The smallest absolute Gasteiger partial charge is 0.261 e. The zero-order valence-electron chi connectivity index (χ0n) is 15.4. The quantitative estimate of drug-likeness (QED) is 0.623. The van der Waals surface area contributed by atoms with Gasteiger partial charge in [-0.15, -0.1) is 0 Å². The zero-order valence-corrected chi connectivity index (χ0v) is 15.4. The van der Waals surface area contributed by atoms with Crippen molar-refractivity contribution in [1.29, 1.82) is 0 Å². The van der Waals surface area contributed by atoms with Gasteiger partial charge in [-0.3, -0.25) is 19.3 Å². The molecule has 0 saturated heterocycles. The SMILES string of the molecule is O=C(CCCN1C(=O)c2ccccc2C1=O)NCCc1ccc2[nH]ccc2c1. The first kappa shape index (κ1) is 18.0. The molecule has 3 aromatic rings. The van der Waals surface area contributed by atoms with E-state index < -0.39 is 0 Å². The van der Waals surface area contributed by atoms with Crippen LogP contribution in [0.4, 0.5) is 0 Å². The average Bonchev–Trinajstić information content (AvgIpc) is 3.26. The minimum absolute atomic E-state index is 0.0701. The number of rotatable bonds is 7. The van der Waals surface area contributed by atoms with Gasteiger partial charge in [-0.05, 0) is 54.1 Å². The molecule has 28 heavy (non-hydrogen) atoms. The molecule has 0 aliphatic carbocycles. The summed E-state index contributed by atoms with van der Waals surface area (Å²) in [7, 11) is 0. The zero-order chi connectivity index (χ0) is 19.5. The molecule has 2 aromatic carbocycles. The second kappa shape index (κ2) is 7.68. The van der Waals surface area contributed by atoms with E-state index in [9.17, 15) is 14.4 Å². The van der Waals surface area contributed by atoms with Crippen LogP contribution in [0.1, 0.15) is 39.1 Å². The summed E-state index contributed by atoms with van der Waals surface area (Å²) in [5.41, 5.74) is 3.15. The topological polar surface area (TPSA) is 82.3 Å². The van der Waals surface area contributed by atoms with Crippen LogP contribution >= 0.6 is 0 Å². The summed E-state index contributed by atoms with van der Waals surface area (Å²) < 4.78 is 0. The third-order valence-electron chi connectivity index (χ3n) is 5.02. The number of aromatic amines is 1. The largest absolute Gasteiger partial charge is 0.361 e. The first-order chi connectivity index (χ1) is 13.6. The van der Waals surface area contributed by atoms with Crippen LogP contribution in [0.5, 0.6) is 0 Å². The van der Waals surface area contributed by atoms with E-state index in [1.54, 1.807) is 24.3 Å².